The highest BCUT2D eigenvalue weighted by atomic mass is 32.1. The van der Waals surface area contributed by atoms with Gasteiger partial charge in [-0.05, 0) is 34.7 Å². The zero-order valence-electron chi connectivity index (χ0n) is 16.6. The molecule has 5 rings (SSSR count). The van der Waals surface area contributed by atoms with Crippen molar-refractivity contribution < 1.29 is 4.84 Å². The van der Waals surface area contributed by atoms with Gasteiger partial charge in [0.05, 0.1) is 23.9 Å². The van der Waals surface area contributed by atoms with Gasteiger partial charge in [0.1, 0.15) is 11.5 Å². The standard InChI is InChI=1S/C23H21N5OS/c1-27-16-24-11-21(27)23(19-9-10-30-15-19)26-29-14-20-7-4-8-22(25-20)28-12-17-5-2-3-6-18(17)13-28/h2-11,15-16H,12-14H2,1H3. The summed E-state index contributed by atoms with van der Waals surface area (Å²) in [6.07, 6.45) is 3.56. The quantitative estimate of drug-likeness (QED) is 0.347. The van der Waals surface area contributed by atoms with E-state index in [0.29, 0.717) is 6.61 Å². The molecule has 3 aromatic heterocycles. The zero-order chi connectivity index (χ0) is 20.3. The summed E-state index contributed by atoms with van der Waals surface area (Å²) in [5, 5.41) is 8.52. The molecule has 1 aromatic carbocycles. The maximum atomic E-state index is 5.73. The summed E-state index contributed by atoms with van der Waals surface area (Å²) in [5.74, 6) is 0.959. The number of imidazole rings is 1. The molecular formula is C23H21N5OS. The molecule has 0 saturated carbocycles. The summed E-state index contributed by atoms with van der Waals surface area (Å²) < 4.78 is 1.93. The first-order chi connectivity index (χ1) is 14.8. The monoisotopic (exact) mass is 415 g/mol. The Bertz CT molecular complexity index is 1160. The van der Waals surface area contributed by atoms with Gasteiger partial charge in [0.25, 0.3) is 0 Å². The minimum absolute atomic E-state index is 0.306. The van der Waals surface area contributed by atoms with Gasteiger partial charge in [0.15, 0.2) is 6.61 Å². The highest BCUT2D eigenvalue weighted by molar-refractivity contribution is 7.08. The normalized spacial score (nSPS) is 13.5. The summed E-state index contributed by atoms with van der Waals surface area (Å²) >= 11 is 1.63. The van der Waals surface area contributed by atoms with Crippen molar-refractivity contribution in [1.82, 2.24) is 14.5 Å². The molecule has 0 fully saturated rings. The molecule has 6 nitrogen and oxygen atoms in total. The highest BCUT2D eigenvalue weighted by Crippen LogP contribution is 2.26. The lowest BCUT2D eigenvalue weighted by atomic mass is 10.1. The number of nitrogens with zero attached hydrogens (tertiary/aromatic N) is 5. The third-order valence-corrected chi connectivity index (χ3v) is 5.86. The summed E-state index contributed by atoms with van der Waals surface area (Å²) in [5.41, 5.74) is 6.26. The Hall–Kier alpha value is -3.45. The van der Waals surface area contributed by atoms with Crippen LogP contribution in [-0.4, -0.2) is 20.2 Å². The van der Waals surface area contributed by atoms with Crippen LogP contribution in [0.4, 0.5) is 5.82 Å². The average molecular weight is 416 g/mol. The molecule has 0 unspecified atom stereocenters. The van der Waals surface area contributed by atoms with Crippen molar-refractivity contribution in [2.45, 2.75) is 19.7 Å². The number of rotatable bonds is 6. The van der Waals surface area contributed by atoms with E-state index in [1.807, 2.05) is 41.3 Å². The van der Waals surface area contributed by atoms with Crippen molar-refractivity contribution in [3.05, 3.63) is 99.9 Å². The Morgan fingerprint density at radius 3 is 2.63 bits per heavy atom. The molecule has 30 heavy (non-hydrogen) atoms. The molecule has 0 atom stereocenters. The van der Waals surface area contributed by atoms with Gasteiger partial charge in [-0.25, -0.2) is 9.97 Å². The van der Waals surface area contributed by atoms with E-state index >= 15 is 0 Å². The van der Waals surface area contributed by atoms with E-state index in [4.69, 9.17) is 9.82 Å². The SMILES string of the molecule is Cn1cncc1C(=NOCc1cccc(N2Cc3ccccc3C2)n1)c1ccsc1. The van der Waals surface area contributed by atoms with Crippen molar-refractivity contribution in [3.8, 4) is 0 Å². The largest absolute Gasteiger partial charge is 0.389 e. The molecule has 1 aliphatic rings. The Labute approximate surface area is 179 Å². The summed E-state index contributed by atoms with van der Waals surface area (Å²) in [6.45, 7) is 2.07. The van der Waals surface area contributed by atoms with Gasteiger partial charge in [0, 0.05) is 31.1 Å². The molecule has 0 aliphatic carbocycles. The molecule has 0 radical (unpaired) electrons. The number of benzene rings is 1. The average Bonchev–Trinajstić information content (AvgIpc) is 3.52. The molecule has 0 bridgehead atoms. The molecule has 7 heteroatoms. The Morgan fingerprint density at radius 2 is 1.93 bits per heavy atom. The van der Waals surface area contributed by atoms with Crippen LogP contribution in [0.25, 0.3) is 0 Å². The Kier molecular flexibility index (Phi) is 5.03. The fourth-order valence-electron chi connectivity index (χ4n) is 3.61. The fraction of sp³-hybridized carbons (Fsp3) is 0.174. The van der Waals surface area contributed by atoms with Gasteiger partial charge in [-0.2, -0.15) is 11.3 Å². The number of anilines is 1. The van der Waals surface area contributed by atoms with Crippen LogP contribution in [0.5, 0.6) is 0 Å². The van der Waals surface area contributed by atoms with Gasteiger partial charge < -0.3 is 14.3 Å². The number of fused-ring (bicyclic) bond motifs is 1. The van der Waals surface area contributed by atoms with Crippen LogP contribution in [0, 0.1) is 0 Å². The first-order valence-electron chi connectivity index (χ1n) is 9.75. The lowest BCUT2D eigenvalue weighted by Gasteiger charge is -2.17. The topological polar surface area (TPSA) is 55.5 Å². The van der Waals surface area contributed by atoms with E-state index in [2.05, 4.69) is 44.7 Å². The second-order valence-electron chi connectivity index (χ2n) is 7.23. The van der Waals surface area contributed by atoms with Crippen LogP contribution in [0.1, 0.15) is 28.1 Å². The second kappa shape index (κ2) is 8.12. The number of aryl methyl sites for hydroxylation is 1. The van der Waals surface area contributed by atoms with E-state index in [1.165, 1.54) is 11.1 Å². The molecule has 0 saturated heterocycles. The summed E-state index contributed by atoms with van der Waals surface area (Å²) in [7, 11) is 1.95. The third kappa shape index (κ3) is 3.71. The van der Waals surface area contributed by atoms with Gasteiger partial charge in [-0.15, -0.1) is 0 Å². The molecule has 4 aromatic rings. The van der Waals surface area contributed by atoms with E-state index in [9.17, 15) is 0 Å². The number of hydrogen-bond donors (Lipinski definition) is 0. The van der Waals surface area contributed by atoms with Crippen molar-refractivity contribution >= 4 is 22.9 Å². The van der Waals surface area contributed by atoms with Gasteiger partial charge in [-0.3, -0.25) is 0 Å². The van der Waals surface area contributed by atoms with E-state index in [0.717, 1.165) is 41.6 Å². The molecule has 150 valence electrons. The Balaban J connectivity index is 1.32. The summed E-state index contributed by atoms with van der Waals surface area (Å²) in [4.78, 5) is 17.0. The lowest BCUT2D eigenvalue weighted by molar-refractivity contribution is 0.128. The molecule has 0 spiro atoms. The van der Waals surface area contributed by atoms with Crippen LogP contribution in [-0.2, 0) is 31.6 Å². The number of hydrogen-bond acceptors (Lipinski definition) is 6. The summed E-state index contributed by atoms with van der Waals surface area (Å²) in [6, 6.07) is 16.6. The van der Waals surface area contributed by atoms with Crippen LogP contribution < -0.4 is 4.90 Å². The van der Waals surface area contributed by atoms with Crippen molar-refractivity contribution in [3.63, 3.8) is 0 Å². The lowest BCUT2D eigenvalue weighted by Crippen LogP contribution is -2.16. The van der Waals surface area contributed by atoms with Gasteiger partial charge >= 0.3 is 0 Å². The van der Waals surface area contributed by atoms with Crippen molar-refractivity contribution in [1.29, 1.82) is 0 Å². The molecule has 1 aliphatic heterocycles. The number of oxime groups is 1. The molecular weight excluding hydrogens is 394 g/mol. The van der Waals surface area contributed by atoms with E-state index < -0.39 is 0 Å². The molecule has 0 N–H and O–H groups in total. The fourth-order valence-corrected chi connectivity index (χ4v) is 4.25. The van der Waals surface area contributed by atoms with Crippen molar-refractivity contribution in [2.75, 3.05) is 4.90 Å². The maximum Gasteiger partial charge on any atom is 0.159 e. The van der Waals surface area contributed by atoms with Crippen LogP contribution in [0.15, 0.2) is 77.0 Å². The van der Waals surface area contributed by atoms with E-state index in [-0.39, 0.29) is 0 Å². The predicted octanol–water partition coefficient (Wildman–Crippen LogP) is 4.37. The van der Waals surface area contributed by atoms with Crippen molar-refractivity contribution in [2.24, 2.45) is 12.2 Å². The van der Waals surface area contributed by atoms with Crippen LogP contribution in [0.2, 0.25) is 0 Å². The van der Waals surface area contributed by atoms with Crippen LogP contribution in [0.3, 0.4) is 0 Å². The smallest absolute Gasteiger partial charge is 0.159 e. The zero-order valence-corrected chi connectivity index (χ0v) is 17.4. The van der Waals surface area contributed by atoms with Gasteiger partial charge in [0.2, 0.25) is 0 Å². The molecule has 0 amide bonds. The van der Waals surface area contributed by atoms with Gasteiger partial charge in [-0.1, -0.05) is 35.5 Å². The predicted molar refractivity (Wildman–Crippen MR) is 119 cm³/mol. The maximum absolute atomic E-state index is 5.73. The minimum Gasteiger partial charge on any atom is -0.389 e. The first kappa shape index (κ1) is 18.6. The van der Waals surface area contributed by atoms with E-state index in [1.54, 1.807) is 23.9 Å². The Morgan fingerprint density at radius 1 is 1.10 bits per heavy atom. The number of pyridine rings is 1. The first-order valence-corrected chi connectivity index (χ1v) is 10.7. The number of thiophene rings is 1. The highest BCUT2D eigenvalue weighted by Gasteiger charge is 2.19. The third-order valence-electron chi connectivity index (χ3n) is 5.18. The second-order valence-corrected chi connectivity index (χ2v) is 8.01. The number of aromatic nitrogens is 3. The molecule has 4 heterocycles. The van der Waals surface area contributed by atoms with Crippen LogP contribution >= 0.6 is 11.3 Å². The minimum atomic E-state index is 0.306.